The molecule has 0 aliphatic carbocycles. The molecule has 0 bridgehead atoms. The van der Waals surface area contributed by atoms with Crippen LogP contribution in [0.2, 0.25) is 0 Å². The second kappa shape index (κ2) is 8.91. The maximum absolute atomic E-state index is 12.5. The Balaban J connectivity index is 0.00000312. The average Bonchev–Trinajstić information content (AvgIpc) is 2.54. The Kier molecular flexibility index (Phi) is 7.77. The van der Waals surface area contributed by atoms with Crippen LogP contribution in [-0.4, -0.2) is 44.1 Å². The molecule has 2 unspecified atom stereocenters. The van der Waals surface area contributed by atoms with E-state index < -0.39 is 20.5 Å². The van der Waals surface area contributed by atoms with Gasteiger partial charge in [0.05, 0.1) is 11.3 Å². The van der Waals surface area contributed by atoms with Crippen LogP contribution >= 0.6 is 12.4 Å². The molecule has 1 heterocycles. The zero-order valence-electron chi connectivity index (χ0n) is 13.9. The van der Waals surface area contributed by atoms with E-state index in [9.17, 15) is 22.0 Å². The first-order chi connectivity index (χ1) is 11.3. The van der Waals surface area contributed by atoms with Gasteiger partial charge in [0.2, 0.25) is 15.7 Å². The van der Waals surface area contributed by atoms with Gasteiger partial charge in [-0.25, -0.2) is 8.42 Å². The molecule has 1 aliphatic rings. The lowest BCUT2D eigenvalue weighted by Gasteiger charge is -2.38. The Morgan fingerprint density at radius 1 is 1.32 bits per heavy atom. The number of halogens is 3. The molecule has 0 saturated carbocycles. The fourth-order valence-electron chi connectivity index (χ4n) is 2.98. The fourth-order valence-corrected chi connectivity index (χ4v) is 3.70. The van der Waals surface area contributed by atoms with Crippen LogP contribution in [0.25, 0.3) is 0 Å². The van der Waals surface area contributed by atoms with Gasteiger partial charge in [0, 0.05) is 19.1 Å². The van der Waals surface area contributed by atoms with E-state index in [4.69, 9.17) is 5.73 Å². The Morgan fingerprint density at radius 2 is 1.92 bits per heavy atom. The quantitative estimate of drug-likeness (QED) is 0.827. The summed E-state index contributed by atoms with van der Waals surface area (Å²) < 4.78 is 47.8. The van der Waals surface area contributed by atoms with E-state index in [1.165, 1.54) is 12.1 Å². The smallest absolute Gasteiger partial charge is 0.338 e. The summed E-state index contributed by atoms with van der Waals surface area (Å²) in [5, 5.41) is 0. The summed E-state index contributed by atoms with van der Waals surface area (Å²) in [6.45, 7) is 3.19. The molecule has 25 heavy (non-hydrogen) atoms. The minimum atomic E-state index is -4.61. The molecule has 2 N–H and O–H groups in total. The molecule has 1 aliphatic heterocycles. The van der Waals surface area contributed by atoms with Gasteiger partial charge in [-0.1, -0.05) is 19.1 Å². The van der Waals surface area contributed by atoms with E-state index in [1.54, 1.807) is 4.90 Å². The van der Waals surface area contributed by atoms with Gasteiger partial charge in [-0.05, 0) is 36.5 Å². The topological polar surface area (TPSA) is 80.5 Å². The van der Waals surface area contributed by atoms with Crippen molar-refractivity contribution in [3.8, 4) is 0 Å². The van der Waals surface area contributed by atoms with E-state index in [0.717, 1.165) is 25.0 Å². The maximum Gasteiger partial charge on any atom is 0.341 e. The zero-order chi connectivity index (χ0) is 17.9. The Morgan fingerprint density at radius 3 is 2.44 bits per heavy atom. The summed E-state index contributed by atoms with van der Waals surface area (Å²) in [4.78, 5) is 13.8. The number of benzene rings is 1. The van der Waals surface area contributed by atoms with Gasteiger partial charge in [-0.2, -0.15) is 8.78 Å². The molecule has 5 nitrogen and oxygen atoms in total. The summed E-state index contributed by atoms with van der Waals surface area (Å²) in [6, 6.07) is 5.04. The van der Waals surface area contributed by atoms with E-state index in [-0.39, 0.29) is 30.8 Å². The first-order valence-corrected chi connectivity index (χ1v) is 9.41. The third-order valence-corrected chi connectivity index (χ3v) is 5.81. The lowest BCUT2D eigenvalue weighted by Crippen LogP contribution is -2.49. The second-order valence-electron chi connectivity index (χ2n) is 6.23. The number of nitrogens with two attached hydrogens (primary N) is 1. The van der Waals surface area contributed by atoms with Crippen molar-refractivity contribution in [2.24, 2.45) is 11.7 Å². The van der Waals surface area contributed by atoms with Crippen LogP contribution in [0.15, 0.2) is 29.2 Å². The highest BCUT2D eigenvalue weighted by molar-refractivity contribution is 7.91. The third-order valence-electron chi connectivity index (χ3n) is 4.41. The number of alkyl halides is 2. The monoisotopic (exact) mass is 396 g/mol. The van der Waals surface area contributed by atoms with E-state index >= 15 is 0 Å². The average molecular weight is 397 g/mol. The number of piperidine rings is 1. The van der Waals surface area contributed by atoms with Crippen LogP contribution in [0.4, 0.5) is 8.78 Å². The predicted molar refractivity (Wildman–Crippen MR) is 93.5 cm³/mol. The Labute approximate surface area is 152 Å². The highest BCUT2D eigenvalue weighted by Crippen LogP contribution is 2.23. The van der Waals surface area contributed by atoms with Crippen LogP contribution in [0, 0.1) is 5.92 Å². The molecule has 0 aromatic heterocycles. The molecule has 1 aromatic carbocycles. The molecule has 0 spiro atoms. The van der Waals surface area contributed by atoms with Crippen molar-refractivity contribution < 1.29 is 22.0 Å². The number of amides is 1. The van der Waals surface area contributed by atoms with Gasteiger partial charge < -0.3 is 10.6 Å². The van der Waals surface area contributed by atoms with Gasteiger partial charge >= 0.3 is 5.76 Å². The fraction of sp³-hybridized carbons (Fsp3) is 0.562. The number of hydrogen-bond acceptors (Lipinski definition) is 4. The lowest BCUT2D eigenvalue weighted by molar-refractivity contribution is -0.134. The number of carbonyl (C=O) groups is 1. The maximum atomic E-state index is 12.5. The summed E-state index contributed by atoms with van der Waals surface area (Å²) >= 11 is 0. The molecule has 1 saturated heterocycles. The Bertz CT molecular complexity index is 683. The minimum absolute atomic E-state index is 0. The number of likely N-dealkylation sites (tertiary alicyclic amines) is 1. The summed E-state index contributed by atoms with van der Waals surface area (Å²) in [5.41, 5.74) is 6.34. The van der Waals surface area contributed by atoms with Gasteiger partial charge in [0.15, 0.2) is 0 Å². The number of carbonyl (C=O) groups excluding carboxylic acids is 1. The summed E-state index contributed by atoms with van der Waals surface area (Å²) in [5.74, 6) is -3.01. The zero-order valence-corrected chi connectivity index (χ0v) is 15.5. The normalized spacial score (nSPS) is 21.1. The van der Waals surface area contributed by atoms with Crippen molar-refractivity contribution in [2.75, 3.05) is 13.1 Å². The van der Waals surface area contributed by atoms with Crippen LogP contribution in [0.5, 0.6) is 0 Å². The van der Waals surface area contributed by atoms with Crippen molar-refractivity contribution >= 4 is 28.2 Å². The molecular weight excluding hydrogens is 374 g/mol. The van der Waals surface area contributed by atoms with Crippen LogP contribution < -0.4 is 5.73 Å². The van der Waals surface area contributed by atoms with E-state index in [1.807, 2.05) is 0 Å². The standard InChI is InChI=1S/C16H22F2N2O3S.ClH/c1-11-6-7-20(13(8-11)10-19)15(21)9-12-2-4-14(5-3-12)24(22,23)16(17)18;/h2-5,11,13,16H,6-10,19H2,1H3;1H. The molecular formula is C16H23ClF2N2O3S. The van der Waals surface area contributed by atoms with Crippen molar-refractivity contribution in [3.63, 3.8) is 0 Å². The minimum Gasteiger partial charge on any atom is -0.338 e. The third kappa shape index (κ3) is 5.12. The molecule has 2 atom stereocenters. The highest BCUT2D eigenvalue weighted by atomic mass is 35.5. The van der Waals surface area contributed by atoms with Crippen molar-refractivity contribution in [2.45, 2.75) is 42.9 Å². The first-order valence-electron chi connectivity index (χ1n) is 7.86. The lowest BCUT2D eigenvalue weighted by atomic mass is 9.92. The second-order valence-corrected chi connectivity index (χ2v) is 8.15. The van der Waals surface area contributed by atoms with Crippen LogP contribution in [0.1, 0.15) is 25.3 Å². The Hall–Kier alpha value is -1.25. The van der Waals surface area contributed by atoms with Crippen molar-refractivity contribution in [1.29, 1.82) is 0 Å². The van der Waals surface area contributed by atoms with Crippen LogP contribution in [0.3, 0.4) is 0 Å². The largest absolute Gasteiger partial charge is 0.341 e. The van der Waals surface area contributed by atoms with Crippen molar-refractivity contribution in [1.82, 2.24) is 4.90 Å². The summed E-state index contributed by atoms with van der Waals surface area (Å²) in [7, 11) is -4.61. The number of rotatable bonds is 5. The van der Waals surface area contributed by atoms with Crippen LogP contribution in [-0.2, 0) is 21.1 Å². The molecule has 1 aromatic rings. The summed E-state index contributed by atoms with van der Waals surface area (Å²) in [6.07, 6.45) is 1.89. The molecule has 1 fully saturated rings. The van der Waals surface area contributed by atoms with E-state index in [0.29, 0.717) is 24.6 Å². The molecule has 1 amide bonds. The number of sulfone groups is 1. The van der Waals surface area contributed by atoms with Gasteiger partial charge in [-0.15, -0.1) is 12.4 Å². The number of nitrogens with zero attached hydrogens (tertiary/aromatic N) is 1. The highest BCUT2D eigenvalue weighted by Gasteiger charge is 2.29. The van der Waals surface area contributed by atoms with E-state index in [2.05, 4.69) is 6.92 Å². The number of hydrogen-bond donors (Lipinski definition) is 1. The predicted octanol–water partition coefficient (Wildman–Crippen LogP) is 2.23. The SMILES string of the molecule is CC1CCN(C(=O)Cc2ccc(S(=O)(=O)C(F)F)cc2)C(CN)C1.Cl. The molecule has 0 radical (unpaired) electrons. The van der Waals surface area contributed by atoms with Gasteiger partial charge in [0.25, 0.3) is 0 Å². The van der Waals surface area contributed by atoms with Gasteiger partial charge in [-0.3, -0.25) is 4.79 Å². The molecule has 9 heteroatoms. The van der Waals surface area contributed by atoms with Gasteiger partial charge in [0.1, 0.15) is 0 Å². The van der Waals surface area contributed by atoms with Crippen molar-refractivity contribution in [3.05, 3.63) is 29.8 Å². The molecule has 2 rings (SSSR count). The molecule has 142 valence electrons. The first kappa shape index (κ1) is 21.8.